The molecule has 1 amide bonds. The first-order chi connectivity index (χ1) is 13.9. The molecule has 0 saturated carbocycles. The summed E-state index contributed by atoms with van der Waals surface area (Å²) in [4.78, 5) is 15.2. The van der Waals surface area contributed by atoms with Gasteiger partial charge in [0.05, 0.1) is 13.2 Å². The van der Waals surface area contributed by atoms with Crippen molar-refractivity contribution in [2.75, 3.05) is 25.1 Å². The van der Waals surface area contributed by atoms with Crippen LogP contribution in [0, 0.1) is 6.92 Å². The lowest BCUT2D eigenvalue weighted by molar-refractivity contribution is 0.0940. The van der Waals surface area contributed by atoms with E-state index in [2.05, 4.69) is 55.3 Å². The third-order valence-corrected chi connectivity index (χ3v) is 5.91. The highest BCUT2D eigenvalue weighted by Gasteiger charge is 2.18. The van der Waals surface area contributed by atoms with Gasteiger partial charge in [-0.2, -0.15) is 0 Å². The smallest absolute Gasteiger partial charge is 0.251 e. The maximum Gasteiger partial charge on any atom is 0.251 e. The van der Waals surface area contributed by atoms with E-state index in [9.17, 15) is 4.79 Å². The maximum absolute atomic E-state index is 12.8. The number of aryl methyl sites for hydroxylation is 1. The number of nitrogens with one attached hydrogen (secondary N) is 1. The van der Waals surface area contributed by atoms with Gasteiger partial charge >= 0.3 is 0 Å². The average molecular weight is 395 g/mol. The standard InChI is InChI=1S/C25H34N2O2/c1-17(2)22-16-23(18(3)15-24(22)29-5)19(4)26-25(28)20-9-11-21(12-10-20)27-13-7-6-8-14-27/h9-12,15-17,19H,6-8,13-14H2,1-5H3,(H,26,28). The Hall–Kier alpha value is -2.49. The van der Waals surface area contributed by atoms with Gasteiger partial charge in [0.25, 0.3) is 5.91 Å². The Morgan fingerprint density at radius 3 is 2.24 bits per heavy atom. The highest BCUT2D eigenvalue weighted by atomic mass is 16.5. The Bertz CT molecular complexity index is 837. The Kier molecular flexibility index (Phi) is 6.83. The minimum absolute atomic E-state index is 0.0380. The molecule has 1 aliphatic heterocycles. The van der Waals surface area contributed by atoms with Crippen molar-refractivity contribution < 1.29 is 9.53 Å². The summed E-state index contributed by atoms with van der Waals surface area (Å²) >= 11 is 0. The van der Waals surface area contributed by atoms with Gasteiger partial charge in [0.15, 0.2) is 0 Å². The fourth-order valence-electron chi connectivity index (χ4n) is 4.14. The van der Waals surface area contributed by atoms with Gasteiger partial charge in [-0.05, 0) is 92.1 Å². The van der Waals surface area contributed by atoms with Crippen molar-refractivity contribution in [2.24, 2.45) is 0 Å². The number of ether oxygens (including phenoxy) is 1. The summed E-state index contributed by atoms with van der Waals surface area (Å²) in [7, 11) is 1.71. The molecule has 0 aliphatic carbocycles. The molecule has 2 aromatic rings. The molecule has 1 aliphatic rings. The number of nitrogens with zero attached hydrogens (tertiary/aromatic N) is 1. The number of anilines is 1. The third-order valence-electron chi connectivity index (χ3n) is 5.91. The number of piperidine rings is 1. The van der Waals surface area contributed by atoms with Crippen molar-refractivity contribution in [3.63, 3.8) is 0 Å². The molecule has 1 atom stereocenters. The SMILES string of the molecule is COc1cc(C)c(C(C)NC(=O)c2ccc(N3CCCCC3)cc2)cc1C(C)C. The molecule has 0 spiro atoms. The average Bonchev–Trinajstić information content (AvgIpc) is 2.73. The second-order valence-electron chi connectivity index (χ2n) is 8.40. The number of benzene rings is 2. The van der Waals surface area contributed by atoms with Crippen LogP contribution in [0.25, 0.3) is 0 Å². The first-order valence-electron chi connectivity index (χ1n) is 10.7. The van der Waals surface area contributed by atoms with Crippen LogP contribution < -0.4 is 15.0 Å². The van der Waals surface area contributed by atoms with Gasteiger partial charge in [-0.15, -0.1) is 0 Å². The molecule has 1 N–H and O–H groups in total. The number of carbonyl (C=O) groups excluding carboxylic acids is 1. The van der Waals surface area contributed by atoms with Crippen LogP contribution in [-0.4, -0.2) is 26.1 Å². The number of amides is 1. The van der Waals surface area contributed by atoms with Crippen molar-refractivity contribution in [2.45, 2.75) is 58.9 Å². The van der Waals surface area contributed by atoms with Gasteiger partial charge in [0.2, 0.25) is 0 Å². The van der Waals surface area contributed by atoms with E-state index in [1.54, 1.807) is 7.11 Å². The Balaban J connectivity index is 1.72. The molecule has 1 unspecified atom stereocenters. The van der Waals surface area contributed by atoms with E-state index in [0.717, 1.165) is 30.0 Å². The molecule has 4 nitrogen and oxygen atoms in total. The molecule has 0 bridgehead atoms. The van der Waals surface area contributed by atoms with Gasteiger partial charge in [-0.3, -0.25) is 4.79 Å². The first-order valence-corrected chi connectivity index (χ1v) is 10.7. The summed E-state index contributed by atoms with van der Waals surface area (Å²) < 4.78 is 5.54. The van der Waals surface area contributed by atoms with Crippen molar-refractivity contribution >= 4 is 11.6 Å². The Morgan fingerprint density at radius 2 is 1.66 bits per heavy atom. The molecule has 0 aromatic heterocycles. The van der Waals surface area contributed by atoms with Gasteiger partial charge in [0, 0.05) is 24.3 Å². The summed E-state index contributed by atoms with van der Waals surface area (Å²) in [5.74, 6) is 1.23. The zero-order valence-electron chi connectivity index (χ0n) is 18.4. The summed E-state index contributed by atoms with van der Waals surface area (Å²) in [5.41, 5.74) is 5.34. The van der Waals surface area contributed by atoms with Crippen LogP contribution in [0.1, 0.15) is 79.0 Å². The molecule has 4 heteroatoms. The van der Waals surface area contributed by atoms with E-state index in [1.165, 1.54) is 30.5 Å². The molecule has 0 radical (unpaired) electrons. The number of hydrogen-bond donors (Lipinski definition) is 1. The molecule has 29 heavy (non-hydrogen) atoms. The predicted molar refractivity (Wildman–Crippen MR) is 120 cm³/mol. The predicted octanol–water partition coefficient (Wildman–Crippen LogP) is 5.61. The van der Waals surface area contributed by atoms with Crippen LogP contribution in [-0.2, 0) is 0 Å². The molecule has 1 saturated heterocycles. The quantitative estimate of drug-likeness (QED) is 0.692. The lowest BCUT2D eigenvalue weighted by Gasteiger charge is -2.28. The lowest BCUT2D eigenvalue weighted by atomic mass is 9.93. The number of methoxy groups -OCH3 is 1. The van der Waals surface area contributed by atoms with Crippen LogP contribution in [0.4, 0.5) is 5.69 Å². The summed E-state index contributed by atoms with van der Waals surface area (Å²) in [6, 6.07) is 12.2. The zero-order valence-corrected chi connectivity index (χ0v) is 18.4. The minimum Gasteiger partial charge on any atom is -0.496 e. The van der Waals surface area contributed by atoms with Crippen molar-refractivity contribution in [1.82, 2.24) is 5.32 Å². The largest absolute Gasteiger partial charge is 0.496 e. The highest BCUT2D eigenvalue weighted by Crippen LogP contribution is 2.32. The maximum atomic E-state index is 12.8. The van der Waals surface area contributed by atoms with Crippen LogP contribution in [0.5, 0.6) is 5.75 Å². The zero-order chi connectivity index (χ0) is 21.0. The molecule has 1 fully saturated rings. The van der Waals surface area contributed by atoms with E-state index < -0.39 is 0 Å². The number of hydrogen-bond acceptors (Lipinski definition) is 3. The fourth-order valence-corrected chi connectivity index (χ4v) is 4.14. The number of carbonyl (C=O) groups is 1. The second kappa shape index (κ2) is 9.34. The second-order valence-corrected chi connectivity index (χ2v) is 8.40. The van der Waals surface area contributed by atoms with Gasteiger partial charge < -0.3 is 15.0 Å². The van der Waals surface area contributed by atoms with Crippen molar-refractivity contribution in [3.8, 4) is 5.75 Å². The lowest BCUT2D eigenvalue weighted by Crippen LogP contribution is -2.29. The summed E-state index contributed by atoms with van der Waals surface area (Å²) in [6.45, 7) is 10.6. The molecule has 3 rings (SSSR count). The molecule has 1 heterocycles. The summed E-state index contributed by atoms with van der Waals surface area (Å²) in [5, 5.41) is 3.16. The molecule has 156 valence electrons. The molecular formula is C25H34N2O2. The van der Waals surface area contributed by atoms with Crippen molar-refractivity contribution in [1.29, 1.82) is 0 Å². The van der Waals surface area contributed by atoms with Crippen LogP contribution >= 0.6 is 0 Å². The van der Waals surface area contributed by atoms with Gasteiger partial charge in [-0.1, -0.05) is 13.8 Å². The third kappa shape index (κ3) is 4.92. The van der Waals surface area contributed by atoms with E-state index in [0.29, 0.717) is 11.5 Å². The molecule has 2 aromatic carbocycles. The number of rotatable bonds is 6. The van der Waals surface area contributed by atoms with Gasteiger partial charge in [-0.25, -0.2) is 0 Å². The van der Waals surface area contributed by atoms with E-state index in [-0.39, 0.29) is 11.9 Å². The van der Waals surface area contributed by atoms with Crippen LogP contribution in [0.15, 0.2) is 36.4 Å². The topological polar surface area (TPSA) is 41.6 Å². The molecular weight excluding hydrogens is 360 g/mol. The van der Waals surface area contributed by atoms with E-state index in [1.807, 2.05) is 19.1 Å². The van der Waals surface area contributed by atoms with Gasteiger partial charge in [0.1, 0.15) is 5.75 Å². The van der Waals surface area contributed by atoms with Crippen LogP contribution in [0.3, 0.4) is 0 Å². The van der Waals surface area contributed by atoms with E-state index >= 15 is 0 Å². The van der Waals surface area contributed by atoms with Crippen molar-refractivity contribution in [3.05, 3.63) is 58.7 Å². The monoisotopic (exact) mass is 394 g/mol. The normalized spacial score (nSPS) is 15.3. The first kappa shape index (κ1) is 21.2. The highest BCUT2D eigenvalue weighted by molar-refractivity contribution is 5.94. The Labute approximate surface area is 175 Å². The summed E-state index contributed by atoms with van der Waals surface area (Å²) in [6.07, 6.45) is 3.82. The minimum atomic E-state index is -0.0762. The fraction of sp³-hybridized carbons (Fsp3) is 0.480. The van der Waals surface area contributed by atoms with E-state index in [4.69, 9.17) is 4.74 Å². The Morgan fingerprint density at radius 1 is 1.00 bits per heavy atom. The van der Waals surface area contributed by atoms with Crippen LogP contribution in [0.2, 0.25) is 0 Å².